The van der Waals surface area contributed by atoms with Crippen LogP contribution in [0.2, 0.25) is 0 Å². The minimum atomic E-state index is -3.39. The van der Waals surface area contributed by atoms with Crippen molar-refractivity contribution in [3.63, 3.8) is 0 Å². The quantitative estimate of drug-likeness (QED) is 0.826. The predicted molar refractivity (Wildman–Crippen MR) is 62.7 cm³/mol. The molecule has 17 heavy (non-hydrogen) atoms. The van der Waals surface area contributed by atoms with Crippen LogP contribution < -0.4 is 4.74 Å². The topological polar surface area (TPSA) is 80.7 Å². The molecule has 0 atom stereocenters. The number of hydrogen-bond donors (Lipinski definition) is 1. The van der Waals surface area contributed by atoms with E-state index in [4.69, 9.17) is 9.84 Å². The fraction of sp³-hybridized carbons (Fsp3) is 0.364. The van der Waals surface area contributed by atoms with Crippen molar-refractivity contribution in [1.29, 1.82) is 0 Å². The van der Waals surface area contributed by atoms with Crippen LogP contribution in [0.25, 0.3) is 0 Å². The monoisotopic (exact) mass is 258 g/mol. The van der Waals surface area contributed by atoms with E-state index >= 15 is 0 Å². The lowest BCUT2D eigenvalue weighted by Crippen LogP contribution is -2.12. The van der Waals surface area contributed by atoms with Gasteiger partial charge in [0.05, 0.1) is 25.0 Å². The summed E-state index contributed by atoms with van der Waals surface area (Å²) in [7, 11) is -1.89. The van der Waals surface area contributed by atoms with E-state index in [-0.39, 0.29) is 17.9 Å². The molecule has 0 heterocycles. The second-order valence-corrected chi connectivity index (χ2v) is 5.77. The van der Waals surface area contributed by atoms with Gasteiger partial charge in [-0.2, -0.15) is 0 Å². The Morgan fingerprint density at radius 1 is 1.41 bits per heavy atom. The fourth-order valence-corrected chi connectivity index (χ4v) is 2.65. The molecule has 1 N–H and O–H groups in total. The molecule has 0 amide bonds. The Labute approximate surface area is 100.0 Å². The highest BCUT2D eigenvalue weighted by Gasteiger charge is 2.14. The molecular weight excluding hydrogens is 244 g/mol. The van der Waals surface area contributed by atoms with E-state index < -0.39 is 15.8 Å². The summed E-state index contributed by atoms with van der Waals surface area (Å²) in [6.45, 7) is 0. The number of rotatable bonds is 6. The number of aliphatic carboxylic acids is 1. The zero-order valence-corrected chi connectivity index (χ0v) is 10.2. The molecule has 0 bridgehead atoms. The average molecular weight is 258 g/mol. The number of benzene rings is 1. The van der Waals surface area contributed by atoms with Crippen LogP contribution in [-0.2, 0) is 20.4 Å². The third-order valence-corrected chi connectivity index (χ3v) is 3.75. The second-order valence-electron chi connectivity index (χ2n) is 3.59. The van der Waals surface area contributed by atoms with Crippen molar-refractivity contribution in [3.05, 3.63) is 29.8 Å². The summed E-state index contributed by atoms with van der Waals surface area (Å²) in [4.78, 5) is 10.3. The first kappa shape index (κ1) is 13.5. The van der Waals surface area contributed by atoms with E-state index in [1.807, 2.05) is 0 Å². The van der Waals surface area contributed by atoms with E-state index in [1.165, 1.54) is 7.11 Å². The van der Waals surface area contributed by atoms with Crippen LogP contribution in [-0.4, -0.2) is 32.4 Å². The van der Waals surface area contributed by atoms with Crippen LogP contribution in [0.3, 0.4) is 0 Å². The molecule has 1 rings (SSSR count). The second kappa shape index (κ2) is 5.67. The van der Waals surface area contributed by atoms with Crippen LogP contribution in [0, 0.1) is 0 Å². The zero-order chi connectivity index (χ0) is 12.9. The first-order chi connectivity index (χ1) is 7.93. The molecule has 0 aliphatic carbocycles. The molecule has 0 unspecified atom stereocenters. The maximum Gasteiger partial charge on any atom is 0.304 e. The van der Waals surface area contributed by atoms with Crippen molar-refractivity contribution in [1.82, 2.24) is 0 Å². The molecule has 0 aliphatic heterocycles. The number of methoxy groups -OCH3 is 1. The molecule has 0 aromatic heterocycles. The van der Waals surface area contributed by atoms with E-state index in [1.54, 1.807) is 24.3 Å². The summed E-state index contributed by atoms with van der Waals surface area (Å²) >= 11 is 0. The van der Waals surface area contributed by atoms with Gasteiger partial charge in [0.1, 0.15) is 5.75 Å². The third kappa shape index (κ3) is 4.86. The number of carboxylic acid groups (broad SMARTS) is 1. The molecule has 0 aliphatic rings. The molecule has 1 aromatic carbocycles. The molecule has 0 fully saturated rings. The molecule has 0 saturated heterocycles. The minimum absolute atomic E-state index is 0.169. The van der Waals surface area contributed by atoms with Gasteiger partial charge in [0.25, 0.3) is 0 Å². The molecular formula is C11H14O5S. The largest absolute Gasteiger partial charge is 0.497 e. The molecule has 5 nitrogen and oxygen atoms in total. The smallest absolute Gasteiger partial charge is 0.304 e. The molecule has 1 aromatic rings. The van der Waals surface area contributed by atoms with E-state index in [2.05, 4.69) is 0 Å². The molecule has 0 radical (unpaired) electrons. The van der Waals surface area contributed by atoms with Crippen LogP contribution in [0.5, 0.6) is 5.75 Å². The summed E-state index contributed by atoms with van der Waals surface area (Å²) in [6.07, 6.45) is -0.369. The highest BCUT2D eigenvalue weighted by molar-refractivity contribution is 7.90. The van der Waals surface area contributed by atoms with Crippen molar-refractivity contribution in [2.45, 2.75) is 12.2 Å². The fourth-order valence-electron chi connectivity index (χ4n) is 1.33. The maximum atomic E-state index is 11.6. The number of hydrogen-bond acceptors (Lipinski definition) is 4. The zero-order valence-electron chi connectivity index (χ0n) is 9.42. The Hall–Kier alpha value is -1.56. The van der Waals surface area contributed by atoms with Crippen LogP contribution >= 0.6 is 0 Å². The summed E-state index contributed by atoms with van der Waals surface area (Å²) in [5, 5.41) is 8.44. The van der Waals surface area contributed by atoms with E-state index in [0.717, 1.165) is 0 Å². The van der Waals surface area contributed by atoms with Gasteiger partial charge in [-0.15, -0.1) is 0 Å². The lowest BCUT2D eigenvalue weighted by atomic mass is 10.2. The van der Waals surface area contributed by atoms with Crippen molar-refractivity contribution in [3.8, 4) is 5.75 Å². The number of carbonyl (C=O) groups is 1. The van der Waals surface area contributed by atoms with Gasteiger partial charge >= 0.3 is 5.97 Å². The van der Waals surface area contributed by atoms with Crippen molar-refractivity contribution in [2.75, 3.05) is 12.9 Å². The minimum Gasteiger partial charge on any atom is -0.497 e. The number of carboxylic acids is 1. The summed E-state index contributed by atoms with van der Waals surface area (Å²) < 4.78 is 28.2. The predicted octanol–water partition coefficient (Wildman–Crippen LogP) is 1.08. The summed E-state index contributed by atoms with van der Waals surface area (Å²) in [5.41, 5.74) is 0.592. The molecule has 0 saturated carbocycles. The van der Waals surface area contributed by atoms with Gasteiger partial charge in [0.2, 0.25) is 0 Å². The number of sulfone groups is 1. The summed E-state index contributed by atoms with van der Waals surface area (Å²) in [6, 6.07) is 6.70. The van der Waals surface area contributed by atoms with Gasteiger partial charge in [0.15, 0.2) is 9.84 Å². The highest BCUT2D eigenvalue weighted by Crippen LogP contribution is 2.15. The van der Waals surface area contributed by atoms with Gasteiger partial charge in [-0.3, -0.25) is 4.79 Å². The van der Waals surface area contributed by atoms with E-state index in [9.17, 15) is 13.2 Å². The van der Waals surface area contributed by atoms with Crippen LogP contribution in [0.15, 0.2) is 24.3 Å². The lowest BCUT2D eigenvalue weighted by Gasteiger charge is -2.05. The Morgan fingerprint density at radius 3 is 2.71 bits per heavy atom. The molecule has 94 valence electrons. The van der Waals surface area contributed by atoms with Gasteiger partial charge in [-0.05, 0) is 17.7 Å². The first-order valence-corrected chi connectivity index (χ1v) is 6.80. The van der Waals surface area contributed by atoms with Crippen LogP contribution in [0.1, 0.15) is 12.0 Å². The van der Waals surface area contributed by atoms with Crippen molar-refractivity contribution < 1.29 is 23.1 Å². The standard InChI is InChI=1S/C11H14O5S/c1-16-10-4-2-3-9(7-10)8-17(14,15)6-5-11(12)13/h2-4,7H,5-6,8H2,1H3,(H,12,13). The molecule has 6 heteroatoms. The van der Waals surface area contributed by atoms with Gasteiger partial charge in [-0.25, -0.2) is 8.42 Å². The van der Waals surface area contributed by atoms with Gasteiger partial charge in [0, 0.05) is 0 Å². The Morgan fingerprint density at radius 2 is 2.12 bits per heavy atom. The van der Waals surface area contributed by atoms with Crippen molar-refractivity contribution >= 4 is 15.8 Å². The third-order valence-electron chi connectivity index (χ3n) is 2.15. The van der Waals surface area contributed by atoms with Crippen molar-refractivity contribution in [2.24, 2.45) is 0 Å². The van der Waals surface area contributed by atoms with Gasteiger partial charge in [-0.1, -0.05) is 12.1 Å². The first-order valence-electron chi connectivity index (χ1n) is 4.98. The maximum absolute atomic E-state index is 11.6. The van der Waals surface area contributed by atoms with E-state index in [0.29, 0.717) is 11.3 Å². The SMILES string of the molecule is COc1cccc(CS(=O)(=O)CCC(=O)O)c1. The Kier molecular flexibility index (Phi) is 4.51. The Balaban J connectivity index is 2.72. The average Bonchev–Trinajstić information content (AvgIpc) is 2.26. The lowest BCUT2D eigenvalue weighted by molar-refractivity contribution is -0.136. The van der Waals surface area contributed by atoms with Crippen LogP contribution in [0.4, 0.5) is 0 Å². The normalized spacial score (nSPS) is 11.1. The highest BCUT2D eigenvalue weighted by atomic mass is 32.2. The molecule has 0 spiro atoms. The van der Waals surface area contributed by atoms with Gasteiger partial charge < -0.3 is 9.84 Å². The summed E-state index contributed by atoms with van der Waals surface area (Å²) in [5.74, 6) is -1.05. The Bertz CT molecular complexity index is 492. The number of ether oxygens (including phenoxy) is 1.